The standard InChI is InChI=1S/C15H18N4O2/c20-15(21)10-4-6-11(7-5-10)18-13-9-17-19-14(13)12-3-1-2-8-16-12/h1-3,8-11,18H,4-7H2,(H,17,19)(H,20,21). The molecule has 0 atom stereocenters. The maximum Gasteiger partial charge on any atom is 0.306 e. The van der Waals surface area contributed by atoms with E-state index < -0.39 is 5.97 Å². The molecule has 1 aliphatic rings. The van der Waals surface area contributed by atoms with Crippen LogP contribution in [0.2, 0.25) is 0 Å². The summed E-state index contributed by atoms with van der Waals surface area (Å²) in [6.07, 6.45) is 6.69. The van der Waals surface area contributed by atoms with Gasteiger partial charge in [-0.25, -0.2) is 0 Å². The summed E-state index contributed by atoms with van der Waals surface area (Å²) in [6.45, 7) is 0. The highest BCUT2D eigenvalue weighted by Gasteiger charge is 2.26. The van der Waals surface area contributed by atoms with E-state index in [0.717, 1.165) is 42.8 Å². The van der Waals surface area contributed by atoms with Crippen LogP contribution in [0.5, 0.6) is 0 Å². The van der Waals surface area contributed by atoms with Crippen LogP contribution in [0, 0.1) is 5.92 Å². The average Bonchev–Trinajstić information content (AvgIpc) is 2.97. The fourth-order valence-corrected chi connectivity index (χ4v) is 2.81. The molecular weight excluding hydrogens is 268 g/mol. The second-order valence-electron chi connectivity index (χ2n) is 5.40. The zero-order valence-electron chi connectivity index (χ0n) is 11.6. The smallest absolute Gasteiger partial charge is 0.306 e. The van der Waals surface area contributed by atoms with Crippen LogP contribution >= 0.6 is 0 Å². The third-order valence-corrected chi connectivity index (χ3v) is 4.00. The number of hydrogen-bond donors (Lipinski definition) is 3. The molecule has 0 saturated heterocycles. The zero-order chi connectivity index (χ0) is 14.7. The largest absolute Gasteiger partial charge is 0.481 e. The number of carboxylic acids is 1. The van der Waals surface area contributed by atoms with Crippen molar-refractivity contribution >= 4 is 11.7 Å². The summed E-state index contributed by atoms with van der Waals surface area (Å²) < 4.78 is 0. The Bertz CT molecular complexity index is 603. The number of rotatable bonds is 4. The number of carboxylic acid groups (broad SMARTS) is 1. The molecule has 2 aromatic heterocycles. The number of nitrogens with one attached hydrogen (secondary N) is 2. The molecule has 0 aliphatic heterocycles. The van der Waals surface area contributed by atoms with E-state index in [4.69, 9.17) is 5.11 Å². The summed E-state index contributed by atoms with van der Waals surface area (Å²) in [5.74, 6) is -0.867. The van der Waals surface area contributed by atoms with Crippen molar-refractivity contribution in [2.24, 2.45) is 5.92 Å². The molecule has 0 spiro atoms. The fraction of sp³-hybridized carbons (Fsp3) is 0.400. The highest BCUT2D eigenvalue weighted by atomic mass is 16.4. The Morgan fingerprint density at radius 2 is 2.10 bits per heavy atom. The van der Waals surface area contributed by atoms with Gasteiger partial charge in [-0.3, -0.25) is 14.9 Å². The van der Waals surface area contributed by atoms with Crippen molar-refractivity contribution in [3.63, 3.8) is 0 Å². The van der Waals surface area contributed by atoms with Gasteiger partial charge in [-0.05, 0) is 37.8 Å². The lowest BCUT2D eigenvalue weighted by Gasteiger charge is -2.27. The van der Waals surface area contributed by atoms with Crippen LogP contribution in [0.1, 0.15) is 25.7 Å². The van der Waals surface area contributed by atoms with Crippen molar-refractivity contribution in [2.45, 2.75) is 31.7 Å². The van der Waals surface area contributed by atoms with Gasteiger partial charge in [0.05, 0.1) is 23.5 Å². The maximum atomic E-state index is 11.0. The first-order valence-corrected chi connectivity index (χ1v) is 7.18. The summed E-state index contributed by atoms with van der Waals surface area (Å²) >= 11 is 0. The molecule has 3 rings (SSSR count). The van der Waals surface area contributed by atoms with E-state index in [1.54, 1.807) is 12.4 Å². The Morgan fingerprint density at radius 3 is 2.76 bits per heavy atom. The van der Waals surface area contributed by atoms with Crippen molar-refractivity contribution in [1.29, 1.82) is 0 Å². The normalized spacial score (nSPS) is 21.9. The van der Waals surface area contributed by atoms with E-state index in [1.807, 2.05) is 18.2 Å². The Hall–Kier alpha value is -2.37. The van der Waals surface area contributed by atoms with Gasteiger partial charge in [0, 0.05) is 12.2 Å². The number of pyridine rings is 1. The Labute approximate surface area is 122 Å². The molecule has 1 saturated carbocycles. The minimum Gasteiger partial charge on any atom is -0.481 e. The van der Waals surface area contributed by atoms with Crippen molar-refractivity contribution in [3.05, 3.63) is 30.6 Å². The van der Waals surface area contributed by atoms with Crippen LogP contribution in [0.15, 0.2) is 30.6 Å². The van der Waals surface area contributed by atoms with E-state index in [2.05, 4.69) is 20.5 Å². The summed E-state index contributed by atoms with van der Waals surface area (Å²) in [6, 6.07) is 6.03. The molecule has 3 N–H and O–H groups in total. The Morgan fingerprint density at radius 1 is 1.29 bits per heavy atom. The third kappa shape index (κ3) is 3.04. The summed E-state index contributed by atoms with van der Waals surface area (Å²) in [4.78, 5) is 15.3. The second kappa shape index (κ2) is 5.95. The lowest BCUT2D eigenvalue weighted by Crippen LogP contribution is -2.29. The van der Waals surface area contributed by atoms with Crippen LogP contribution < -0.4 is 5.32 Å². The minimum absolute atomic E-state index is 0.192. The van der Waals surface area contributed by atoms with Gasteiger partial charge in [-0.2, -0.15) is 5.10 Å². The van der Waals surface area contributed by atoms with Gasteiger partial charge in [0.25, 0.3) is 0 Å². The Kier molecular flexibility index (Phi) is 3.85. The van der Waals surface area contributed by atoms with Crippen molar-refractivity contribution in [1.82, 2.24) is 15.2 Å². The number of hydrogen-bond acceptors (Lipinski definition) is 4. The summed E-state index contributed by atoms with van der Waals surface area (Å²) in [5, 5.41) is 19.5. The van der Waals surface area contributed by atoms with Crippen LogP contribution in [-0.4, -0.2) is 32.3 Å². The minimum atomic E-state index is -0.675. The first-order chi connectivity index (χ1) is 10.2. The SMILES string of the molecule is O=C(O)C1CCC(Nc2cn[nH]c2-c2ccccn2)CC1. The van der Waals surface area contributed by atoms with E-state index >= 15 is 0 Å². The predicted molar refractivity (Wildman–Crippen MR) is 78.8 cm³/mol. The fourth-order valence-electron chi connectivity index (χ4n) is 2.81. The van der Waals surface area contributed by atoms with E-state index in [0.29, 0.717) is 6.04 Å². The number of nitrogens with zero attached hydrogens (tertiary/aromatic N) is 2. The van der Waals surface area contributed by atoms with Gasteiger partial charge >= 0.3 is 5.97 Å². The molecule has 2 aromatic rings. The third-order valence-electron chi connectivity index (χ3n) is 4.00. The number of aliphatic carboxylic acids is 1. The zero-order valence-corrected chi connectivity index (χ0v) is 11.6. The molecule has 2 heterocycles. The van der Waals surface area contributed by atoms with Gasteiger partial charge < -0.3 is 10.4 Å². The lowest BCUT2D eigenvalue weighted by molar-refractivity contribution is -0.142. The van der Waals surface area contributed by atoms with Crippen molar-refractivity contribution in [2.75, 3.05) is 5.32 Å². The van der Waals surface area contributed by atoms with Crippen LogP contribution in [0.25, 0.3) is 11.4 Å². The highest BCUT2D eigenvalue weighted by molar-refractivity contribution is 5.71. The van der Waals surface area contributed by atoms with E-state index in [-0.39, 0.29) is 5.92 Å². The first-order valence-electron chi connectivity index (χ1n) is 7.18. The number of anilines is 1. The maximum absolute atomic E-state index is 11.0. The quantitative estimate of drug-likeness (QED) is 0.803. The molecule has 1 aliphatic carbocycles. The van der Waals surface area contributed by atoms with Gasteiger partial charge in [-0.15, -0.1) is 0 Å². The number of aromatic amines is 1. The van der Waals surface area contributed by atoms with Gasteiger partial charge in [-0.1, -0.05) is 6.07 Å². The molecule has 110 valence electrons. The van der Waals surface area contributed by atoms with Crippen LogP contribution in [-0.2, 0) is 4.79 Å². The van der Waals surface area contributed by atoms with Gasteiger partial charge in [0.2, 0.25) is 0 Å². The van der Waals surface area contributed by atoms with Gasteiger partial charge in [0.15, 0.2) is 0 Å². The molecule has 0 bridgehead atoms. The molecule has 21 heavy (non-hydrogen) atoms. The lowest BCUT2D eigenvalue weighted by atomic mass is 9.86. The summed E-state index contributed by atoms with van der Waals surface area (Å²) in [5.41, 5.74) is 2.64. The highest BCUT2D eigenvalue weighted by Crippen LogP contribution is 2.29. The van der Waals surface area contributed by atoms with E-state index in [1.165, 1.54) is 0 Å². The predicted octanol–water partition coefficient (Wildman–Crippen LogP) is 2.53. The summed E-state index contributed by atoms with van der Waals surface area (Å²) in [7, 11) is 0. The second-order valence-corrected chi connectivity index (χ2v) is 5.40. The van der Waals surface area contributed by atoms with Gasteiger partial charge in [0.1, 0.15) is 5.69 Å². The molecule has 0 aromatic carbocycles. The van der Waals surface area contributed by atoms with Crippen LogP contribution in [0.3, 0.4) is 0 Å². The molecule has 0 amide bonds. The molecule has 1 fully saturated rings. The molecule has 0 unspecified atom stereocenters. The monoisotopic (exact) mass is 286 g/mol. The van der Waals surface area contributed by atoms with Crippen LogP contribution in [0.4, 0.5) is 5.69 Å². The molecule has 0 radical (unpaired) electrons. The first kappa shape index (κ1) is 13.6. The molecule has 6 nitrogen and oxygen atoms in total. The number of aromatic nitrogens is 3. The topological polar surface area (TPSA) is 90.9 Å². The average molecular weight is 286 g/mol. The number of carbonyl (C=O) groups is 1. The van der Waals surface area contributed by atoms with Crippen molar-refractivity contribution < 1.29 is 9.90 Å². The molecular formula is C15H18N4O2. The van der Waals surface area contributed by atoms with E-state index in [9.17, 15) is 4.79 Å². The molecule has 6 heteroatoms. The van der Waals surface area contributed by atoms with Crippen molar-refractivity contribution in [3.8, 4) is 11.4 Å². The Balaban J connectivity index is 1.67. The number of H-pyrrole nitrogens is 1.